The second kappa shape index (κ2) is 5.83. The van der Waals surface area contributed by atoms with Gasteiger partial charge in [-0.25, -0.2) is 9.97 Å². The molecule has 2 aromatic rings. The van der Waals surface area contributed by atoms with Gasteiger partial charge in [0.15, 0.2) is 0 Å². The molecule has 0 aliphatic carbocycles. The molecule has 118 valence electrons. The number of imidazole rings is 1. The number of nitrogens with zero attached hydrogens (tertiary/aromatic N) is 4. The van der Waals surface area contributed by atoms with Gasteiger partial charge in [0.2, 0.25) is 5.91 Å². The lowest BCUT2D eigenvalue weighted by Crippen LogP contribution is -2.45. The lowest BCUT2D eigenvalue weighted by molar-refractivity contribution is -0.133. The molecule has 0 aromatic carbocycles. The molecule has 0 spiro atoms. The predicted molar refractivity (Wildman–Crippen MR) is 87.0 cm³/mol. The van der Waals surface area contributed by atoms with Crippen molar-refractivity contribution < 1.29 is 4.79 Å². The minimum absolute atomic E-state index is 0.112. The third-order valence-electron chi connectivity index (χ3n) is 4.59. The van der Waals surface area contributed by atoms with E-state index in [9.17, 15) is 4.79 Å². The Kier molecular flexibility index (Phi) is 4.04. The van der Waals surface area contributed by atoms with Crippen molar-refractivity contribution in [3.05, 3.63) is 34.3 Å². The number of carbonyl (C=O) groups excluding carboxylic acids is 1. The summed E-state index contributed by atoms with van der Waals surface area (Å²) in [6, 6.07) is 0. The second-order valence-corrected chi connectivity index (χ2v) is 7.55. The third-order valence-corrected chi connectivity index (χ3v) is 5.81. The van der Waals surface area contributed by atoms with Gasteiger partial charge in [-0.1, -0.05) is 6.92 Å². The summed E-state index contributed by atoms with van der Waals surface area (Å²) in [4.78, 5) is 24.4. The van der Waals surface area contributed by atoms with Crippen LogP contribution in [0.15, 0.2) is 18.6 Å². The number of aryl methyl sites for hydroxylation is 2. The molecule has 1 fully saturated rings. The molecule has 3 heterocycles. The summed E-state index contributed by atoms with van der Waals surface area (Å²) in [5.41, 5.74) is 0.112. The van der Waals surface area contributed by atoms with Crippen molar-refractivity contribution in [1.29, 1.82) is 0 Å². The van der Waals surface area contributed by atoms with E-state index in [2.05, 4.69) is 23.8 Å². The van der Waals surface area contributed by atoms with Crippen LogP contribution < -0.4 is 0 Å². The van der Waals surface area contributed by atoms with E-state index >= 15 is 0 Å². The van der Waals surface area contributed by atoms with E-state index in [0.717, 1.165) is 31.8 Å². The van der Waals surface area contributed by atoms with E-state index in [0.29, 0.717) is 6.54 Å². The summed E-state index contributed by atoms with van der Waals surface area (Å²) in [7, 11) is 0. The molecule has 0 bridgehead atoms. The standard InChI is InChI=1S/C16H22N4OS/c1-12-10-18-15(22-12)16(3)4-7-19(8-5-16)14(21)11-20-9-6-17-13(20)2/h6,9-10H,4-5,7-8,11H2,1-3H3. The zero-order valence-corrected chi connectivity index (χ0v) is 14.2. The van der Waals surface area contributed by atoms with Gasteiger partial charge < -0.3 is 9.47 Å². The van der Waals surface area contributed by atoms with E-state index in [1.54, 1.807) is 17.5 Å². The molecule has 1 aliphatic heterocycles. The Morgan fingerprint density at radius 3 is 2.59 bits per heavy atom. The highest BCUT2D eigenvalue weighted by molar-refractivity contribution is 7.11. The average Bonchev–Trinajstić information content (AvgIpc) is 3.09. The number of amides is 1. The van der Waals surface area contributed by atoms with Crippen LogP contribution in [0.1, 0.15) is 35.5 Å². The molecule has 0 atom stereocenters. The van der Waals surface area contributed by atoms with Crippen LogP contribution in [0, 0.1) is 13.8 Å². The first-order valence-electron chi connectivity index (χ1n) is 7.66. The van der Waals surface area contributed by atoms with E-state index < -0.39 is 0 Å². The maximum absolute atomic E-state index is 12.4. The number of carbonyl (C=O) groups is 1. The predicted octanol–water partition coefficient (Wildman–Crippen LogP) is 2.54. The van der Waals surface area contributed by atoms with Gasteiger partial charge in [0.1, 0.15) is 12.4 Å². The fourth-order valence-corrected chi connectivity index (χ4v) is 3.88. The Morgan fingerprint density at radius 2 is 2.05 bits per heavy atom. The van der Waals surface area contributed by atoms with Gasteiger partial charge in [0, 0.05) is 42.0 Å². The molecule has 22 heavy (non-hydrogen) atoms. The van der Waals surface area contributed by atoms with Crippen molar-refractivity contribution in [2.24, 2.45) is 0 Å². The van der Waals surface area contributed by atoms with Crippen molar-refractivity contribution in [1.82, 2.24) is 19.4 Å². The van der Waals surface area contributed by atoms with Crippen LogP contribution in [-0.2, 0) is 16.8 Å². The van der Waals surface area contributed by atoms with Crippen LogP contribution in [0.3, 0.4) is 0 Å². The average molecular weight is 318 g/mol. The Balaban J connectivity index is 1.61. The monoisotopic (exact) mass is 318 g/mol. The smallest absolute Gasteiger partial charge is 0.242 e. The molecule has 5 nitrogen and oxygen atoms in total. The highest BCUT2D eigenvalue weighted by Gasteiger charge is 2.35. The molecule has 0 saturated carbocycles. The van der Waals surface area contributed by atoms with Crippen LogP contribution in [0.4, 0.5) is 0 Å². The summed E-state index contributed by atoms with van der Waals surface area (Å²) < 4.78 is 1.90. The maximum Gasteiger partial charge on any atom is 0.242 e. The molecule has 0 N–H and O–H groups in total. The molecular formula is C16H22N4OS. The first-order chi connectivity index (χ1) is 10.5. The van der Waals surface area contributed by atoms with Crippen molar-refractivity contribution >= 4 is 17.2 Å². The van der Waals surface area contributed by atoms with Crippen LogP contribution in [-0.4, -0.2) is 38.4 Å². The molecule has 1 amide bonds. The first kappa shape index (κ1) is 15.2. The van der Waals surface area contributed by atoms with Crippen LogP contribution in [0.5, 0.6) is 0 Å². The fraction of sp³-hybridized carbons (Fsp3) is 0.562. The number of likely N-dealkylation sites (tertiary alicyclic amines) is 1. The zero-order chi connectivity index (χ0) is 15.7. The van der Waals surface area contributed by atoms with Gasteiger partial charge >= 0.3 is 0 Å². The van der Waals surface area contributed by atoms with Crippen molar-refractivity contribution in [3.63, 3.8) is 0 Å². The van der Waals surface area contributed by atoms with Gasteiger partial charge in [-0.05, 0) is 26.7 Å². The number of piperidine rings is 1. The lowest BCUT2D eigenvalue weighted by Gasteiger charge is -2.38. The first-order valence-corrected chi connectivity index (χ1v) is 8.48. The zero-order valence-electron chi connectivity index (χ0n) is 13.4. The van der Waals surface area contributed by atoms with E-state index in [1.807, 2.05) is 28.8 Å². The highest BCUT2D eigenvalue weighted by Crippen LogP contribution is 2.37. The maximum atomic E-state index is 12.4. The number of thiazole rings is 1. The minimum Gasteiger partial charge on any atom is -0.341 e. The summed E-state index contributed by atoms with van der Waals surface area (Å²) in [6.07, 6.45) is 7.51. The molecule has 1 aliphatic rings. The molecule has 0 unspecified atom stereocenters. The largest absolute Gasteiger partial charge is 0.341 e. The quantitative estimate of drug-likeness (QED) is 0.874. The summed E-state index contributed by atoms with van der Waals surface area (Å²) >= 11 is 1.78. The second-order valence-electron chi connectivity index (χ2n) is 6.32. The van der Waals surface area contributed by atoms with Gasteiger partial charge in [-0.3, -0.25) is 4.79 Å². The summed E-state index contributed by atoms with van der Waals surface area (Å²) in [5.74, 6) is 1.06. The minimum atomic E-state index is 0.112. The number of hydrogen-bond acceptors (Lipinski definition) is 4. The van der Waals surface area contributed by atoms with Crippen LogP contribution in [0.2, 0.25) is 0 Å². The van der Waals surface area contributed by atoms with E-state index in [-0.39, 0.29) is 11.3 Å². The molecule has 2 aromatic heterocycles. The molecular weight excluding hydrogens is 296 g/mol. The van der Waals surface area contributed by atoms with Crippen molar-refractivity contribution in [3.8, 4) is 0 Å². The summed E-state index contributed by atoms with van der Waals surface area (Å²) in [5, 5.41) is 1.21. The van der Waals surface area contributed by atoms with Gasteiger partial charge in [0.25, 0.3) is 0 Å². The Hall–Kier alpha value is -1.69. The molecule has 3 rings (SSSR count). The molecule has 6 heteroatoms. The summed E-state index contributed by atoms with van der Waals surface area (Å²) in [6.45, 7) is 8.29. The van der Waals surface area contributed by atoms with E-state index in [4.69, 9.17) is 0 Å². The van der Waals surface area contributed by atoms with Crippen LogP contribution >= 0.6 is 11.3 Å². The normalized spacial score (nSPS) is 17.7. The Labute approximate surface area is 135 Å². The van der Waals surface area contributed by atoms with Gasteiger partial charge in [-0.15, -0.1) is 11.3 Å². The van der Waals surface area contributed by atoms with Crippen molar-refractivity contribution in [2.75, 3.05) is 13.1 Å². The number of hydrogen-bond donors (Lipinski definition) is 0. The SMILES string of the molecule is Cc1cnc(C2(C)CCN(C(=O)Cn3ccnc3C)CC2)s1. The molecule has 1 saturated heterocycles. The third kappa shape index (κ3) is 2.92. The Morgan fingerprint density at radius 1 is 1.32 bits per heavy atom. The molecule has 0 radical (unpaired) electrons. The van der Waals surface area contributed by atoms with Crippen molar-refractivity contribution in [2.45, 2.75) is 45.6 Å². The van der Waals surface area contributed by atoms with E-state index in [1.165, 1.54) is 9.88 Å². The number of rotatable bonds is 3. The Bertz CT molecular complexity index is 667. The topological polar surface area (TPSA) is 51.0 Å². The number of aromatic nitrogens is 3. The van der Waals surface area contributed by atoms with Gasteiger partial charge in [0.05, 0.1) is 5.01 Å². The van der Waals surface area contributed by atoms with Crippen LogP contribution in [0.25, 0.3) is 0 Å². The fourth-order valence-electron chi connectivity index (χ4n) is 2.91. The van der Waals surface area contributed by atoms with Gasteiger partial charge in [-0.2, -0.15) is 0 Å². The lowest BCUT2D eigenvalue weighted by atomic mass is 9.81. The highest BCUT2D eigenvalue weighted by atomic mass is 32.1.